The fourth-order valence-corrected chi connectivity index (χ4v) is 1.70. The first-order chi connectivity index (χ1) is 6.20. The number of hydrogen-bond acceptors (Lipinski definition) is 3. The van der Waals surface area contributed by atoms with Gasteiger partial charge in [0.05, 0.1) is 0 Å². The third-order valence-electron chi connectivity index (χ3n) is 2.51. The van der Waals surface area contributed by atoms with Gasteiger partial charge in [0, 0.05) is 12.8 Å². The average molecular weight is 186 g/mol. The molecule has 76 valence electrons. The number of aldehydes is 1. The first-order valence-corrected chi connectivity index (χ1v) is 5.05. The molecule has 1 aliphatic rings. The van der Waals surface area contributed by atoms with Gasteiger partial charge in [-0.2, -0.15) is 0 Å². The van der Waals surface area contributed by atoms with Crippen LogP contribution in [0.15, 0.2) is 0 Å². The van der Waals surface area contributed by atoms with Crippen molar-refractivity contribution in [1.82, 2.24) is 0 Å². The van der Waals surface area contributed by atoms with Crippen LogP contribution in [0, 0.1) is 0 Å². The lowest BCUT2D eigenvalue weighted by Crippen LogP contribution is -2.28. The van der Waals surface area contributed by atoms with Gasteiger partial charge < -0.3 is 14.6 Å². The number of unbranched alkanes of at least 4 members (excludes halogenated alkanes) is 2. The molecule has 1 fully saturated rings. The van der Waals surface area contributed by atoms with Crippen molar-refractivity contribution < 1.29 is 14.6 Å². The molecular formula is C10H18O3. The first-order valence-electron chi connectivity index (χ1n) is 5.05. The molecule has 1 aliphatic heterocycles. The Hall–Kier alpha value is -0.410. The minimum atomic E-state index is -1.01. The smallest absolute Gasteiger partial charge is 0.166 e. The topological polar surface area (TPSA) is 46.5 Å². The Morgan fingerprint density at radius 3 is 2.92 bits per heavy atom. The molecule has 1 N–H and O–H groups in total. The number of aliphatic hydroxyl groups is 1. The molecule has 0 saturated carbocycles. The van der Waals surface area contributed by atoms with Gasteiger partial charge in [0.1, 0.15) is 12.4 Å². The third kappa shape index (κ3) is 3.08. The zero-order valence-corrected chi connectivity index (χ0v) is 8.16. The summed E-state index contributed by atoms with van der Waals surface area (Å²) in [7, 11) is 0. The Labute approximate surface area is 79.1 Å². The Balaban J connectivity index is 2.27. The van der Waals surface area contributed by atoms with Gasteiger partial charge >= 0.3 is 0 Å². The van der Waals surface area contributed by atoms with Crippen LogP contribution in [-0.4, -0.2) is 23.3 Å². The molecule has 0 aliphatic carbocycles. The van der Waals surface area contributed by atoms with Crippen molar-refractivity contribution in [2.24, 2.45) is 0 Å². The van der Waals surface area contributed by atoms with Crippen molar-refractivity contribution >= 4 is 6.29 Å². The highest BCUT2D eigenvalue weighted by Crippen LogP contribution is 2.31. The van der Waals surface area contributed by atoms with Crippen LogP contribution in [-0.2, 0) is 9.53 Å². The number of rotatable bonds is 5. The molecule has 0 radical (unpaired) electrons. The van der Waals surface area contributed by atoms with E-state index in [1.807, 2.05) is 0 Å². The van der Waals surface area contributed by atoms with E-state index in [1.165, 1.54) is 0 Å². The first kappa shape index (κ1) is 10.7. The number of hydrogen-bond donors (Lipinski definition) is 1. The monoisotopic (exact) mass is 186 g/mol. The molecule has 0 spiro atoms. The fraction of sp³-hybridized carbons (Fsp3) is 0.900. The summed E-state index contributed by atoms with van der Waals surface area (Å²) >= 11 is 0. The van der Waals surface area contributed by atoms with E-state index in [9.17, 15) is 9.90 Å². The summed E-state index contributed by atoms with van der Waals surface area (Å²) in [4.78, 5) is 10.4. The van der Waals surface area contributed by atoms with Crippen molar-refractivity contribution in [3.63, 3.8) is 0 Å². The molecule has 0 bridgehead atoms. The Bertz CT molecular complexity index is 170. The van der Waals surface area contributed by atoms with Crippen LogP contribution in [0.2, 0.25) is 0 Å². The van der Waals surface area contributed by atoms with Crippen LogP contribution >= 0.6 is 0 Å². The van der Waals surface area contributed by atoms with E-state index in [-0.39, 0.29) is 6.10 Å². The maximum atomic E-state index is 10.4. The highest BCUT2D eigenvalue weighted by molar-refractivity contribution is 5.56. The predicted octanol–water partition coefficient (Wildman–Crippen LogP) is 1.63. The largest absolute Gasteiger partial charge is 0.365 e. The van der Waals surface area contributed by atoms with Crippen molar-refractivity contribution in [2.45, 2.75) is 57.3 Å². The van der Waals surface area contributed by atoms with Gasteiger partial charge in [-0.15, -0.1) is 0 Å². The molecule has 1 saturated heterocycles. The van der Waals surface area contributed by atoms with E-state index in [2.05, 4.69) is 6.92 Å². The molecule has 2 unspecified atom stereocenters. The summed E-state index contributed by atoms with van der Waals surface area (Å²) in [5.74, 6) is -1.01. The van der Waals surface area contributed by atoms with Crippen LogP contribution in [0.3, 0.4) is 0 Å². The lowest BCUT2D eigenvalue weighted by atomic mass is 10.0. The van der Waals surface area contributed by atoms with E-state index >= 15 is 0 Å². The minimum absolute atomic E-state index is 0.383. The van der Waals surface area contributed by atoms with Crippen LogP contribution in [0.5, 0.6) is 0 Å². The van der Waals surface area contributed by atoms with Gasteiger partial charge in [-0.1, -0.05) is 19.8 Å². The minimum Gasteiger partial charge on any atom is -0.365 e. The van der Waals surface area contributed by atoms with E-state index in [0.717, 1.165) is 25.5 Å². The molecule has 2 atom stereocenters. The van der Waals surface area contributed by atoms with Gasteiger partial charge in [-0.3, -0.25) is 0 Å². The molecule has 3 nitrogen and oxygen atoms in total. The summed E-state index contributed by atoms with van der Waals surface area (Å²) < 4.78 is 5.23. The average Bonchev–Trinajstić information content (AvgIpc) is 2.49. The molecule has 0 amide bonds. The number of ether oxygens (including phenoxy) is 1. The van der Waals surface area contributed by atoms with Crippen molar-refractivity contribution in [3.8, 4) is 0 Å². The van der Waals surface area contributed by atoms with Gasteiger partial charge in [-0.25, -0.2) is 0 Å². The van der Waals surface area contributed by atoms with Crippen LogP contribution in [0.1, 0.15) is 45.4 Å². The molecule has 1 rings (SSSR count). The maximum Gasteiger partial charge on any atom is 0.166 e. The summed E-state index contributed by atoms with van der Waals surface area (Å²) in [5.41, 5.74) is 0. The van der Waals surface area contributed by atoms with Crippen LogP contribution in [0.4, 0.5) is 0 Å². The standard InChI is InChI=1S/C10H18O3/c1-2-3-4-6-10(12)7-5-9(8-11)13-10/h8-9,12H,2-7H2,1H3. The van der Waals surface area contributed by atoms with Crippen molar-refractivity contribution in [1.29, 1.82) is 0 Å². The lowest BCUT2D eigenvalue weighted by molar-refractivity contribution is -0.194. The zero-order valence-electron chi connectivity index (χ0n) is 8.16. The number of carbonyl (C=O) groups is 1. The molecule has 0 aromatic carbocycles. The van der Waals surface area contributed by atoms with E-state index in [0.29, 0.717) is 19.3 Å². The highest BCUT2D eigenvalue weighted by atomic mass is 16.6. The van der Waals surface area contributed by atoms with Crippen LogP contribution < -0.4 is 0 Å². The van der Waals surface area contributed by atoms with Gasteiger partial charge in [0.2, 0.25) is 0 Å². The summed E-state index contributed by atoms with van der Waals surface area (Å²) in [5, 5.41) is 9.84. The van der Waals surface area contributed by atoms with Crippen molar-refractivity contribution in [3.05, 3.63) is 0 Å². The molecule has 3 heteroatoms. The van der Waals surface area contributed by atoms with Crippen molar-refractivity contribution in [2.75, 3.05) is 0 Å². The Morgan fingerprint density at radius 1 is 1.62 bits per heavy atom. The predicted molar refractivity (Wildman–Crippen MR) is 49.3 cm³/mol. The molecule has 13 heavy (non-hydrogen) atoms. The van der Waals surface area contributed by atoms with Gasteiger partial charge in [0.25, 0.3) is 0 Å². The van der Waals surface area contributed by atoms with E-state index < -0.39 is 5.79 Å². The Morgan fingerprint density at radius 2 is 2.38 bits per heavy atom. The summed E-state index contributed by atoms with van der Waals surface area (Å²) in [6.07, 6.45) is 5.52. The van der Waals surface area contributed by atoms with Crippen LogP contribution in [0.25, 0.3) is 0 Å². The second kappa shape index (κ2) is 4.72. The molecular weight excluding hydrogens is 168 g/mol. The zero-order chi connectivity index (χ0) is 9.73. The van der Waals surface area contributed by atoms with E-state index in [4.69, 9.17) is 4.74 Å². The summed E-state index contributed by atoms with van der Waals surface area (Å²) in [6.45, 7) is 2.12. The second-order valence-corrected chi connectivity index (χ2v) is 3.73. The molecule has 1 heterocycles. The SMILES string of the molecule is CCCCCC1(O)CCC(C=O)O1. The third-order valence-corrected chi connectivity index (χ3v) is 2.51. The maximum absolute atomic E-state index is 10.4. The quantitative estimate of drug-likeness (QED) is 0.524. The summed E-state index contributed by atoms with van der Waals surface area (Å²) in [6, 6.07) is 0. The van der Waals surface area contributed by atoms with Gasteiger partial charge in [-0.05, 0) is 12.8 Å². The Kier molecular flexibility index (Phi) is 3.88. The highest BCUT2D eigenvalue weighted by Gasteiger charge is 2.37. The second-order valence-electron chi connectivity index (χ2n) is 3.73. The normalized spacial score (nSPS) is 33.5. The lowest BCUT2D eigenvalue weighted by Gasteiger charge is -2.21. The fourth-order valence-electron chi connectivity index (χ4n) is 1.70. The molecule has 0 aromatic rings. The van der Waals surface area contributed by atoms with E-state index in [1.54, 1.807) is 0 Å². The van der Waals surface area contributed by atoms with Gasteiger partial charge in [0.15, 0.2) is 5.79 Å². The molecule has 0 aromatic heterocycles. The number of carbonyl (C=O) groups excluding carboxylic acids is 1.